The zero-order valence-corrected chi connectivity index (χ0v) is 61.9. The molecule has 1 heterocycles. The Balaban J connectivity index is -0.000000147. The molecule has 0 radical (unpaired) electrons. The van der Waals surface area contributed by atoms with E-state index in [1.54, 1.807) is 48.7 Å². The molecular weight excluding hydrogens is 1420 g/mol. The number of hydrogen-bond donors (Lipinski definition) is 41. The van der Waals surface area contributed by atoms with Crippen LogP contribution in [0.1, 0.15) is 108 Å². The number of nitrogens with one attached hydrogen (secondary N) is 4. The topological polar surface area (TPSA) is 864 Å². The molecule has 47 N–H and O–H groups in total. The second-order valence-corrected chi connectivity index (χ2v) is 25.8. The van der Waals surface area contributed by atoms with Crippen LogP contribution in [0.3, 0.4) is 0 Å². The molecule has 105 heavy (non-hydrogen) atoms. The highest BCUT2D eigenvalue weighted by Gasteiger charge is 2.71. The Bertz CT molecular complexity index is 1840. The number of nitrogens with two attached hydrogens (primary N) is 2. The summed E-state index contributed by atoms with van der Waals surface area (Å²) < 4.78 is 5.79. The zero-order valence-electron chi connectivity index (χ0n) is 61.9. The third kappa shape index (κ3) is 44.4. The third-order valence-corrected chi connectivity index (χ3v) is 17.2. The van der Waals surface area contributed by atoms with Crippen molar-refractivity contribution in [3.05, 3.63) is 0 Å². The van der Waals surface area contributed by atoms with E-state index in [-0.39, 0.29) is 71.3 Å². The van der Waals surface area contributed by atoms with Crippen LogP contribution in [0.2, 0.25) is 0 Å². The van der Waals surface area contributed by atoms with Gasteiger partial charge in [-0.05, 0) is 75.0 Å². The Morgan fingerprint density at radius 1 is 0.352 bits per heavy atom. The molecule has 648 valence electrons. The average Bonchev–Trinajstić information content (AvgIpc) is 0.694. The Kier molecular flexibility index (Phi) is 75.0. The molecule has 1 fully saturated rings. The molecule has 1 aliphatic rings. The van der Waals surface area contributed by atoms with Crippen LogP contribution in [-0.4, -0.2) is 466 Å². The molecule has 0 aromatic rings. The van der Waals surface area contributed by atoms with Crippen molar-refractivity contribution in [2.75, 3.05) is 113 Å². The first-order valence-corrected chi connectivity index (χ1v) is 33.6. The van der Waals surface area contributed by atoms with Crippen molar-refractivity contribution >= 4 is 0 Å². The molecular formula is C62H149N7O36. The number of rotatable bonds is 44. The summed E-state index contributed by atoms with van der Waals surface area (Å²) in [7, 11) is 3.15. The lowest BCUT2D eigenvalue weighted by Gasteiger charge is -2.65. The molecule has 0 aliphatic carbocycles. The van der Waals surface area contributed by atoms with Crippen LogP contribution in [0.25, 0.3) is 0 Å². The van der Waals surface area contributed by atoms with E-state index in [4.69, 9.17) is 134 Å². The lowest BCUT2D eigenvalue weighted by Crippen LogP contribution is -2.86. The first kappa shape index (κ1) is 122. The van der Waals surface area contributed by atoms with E-state index in [0.717, 1.165) is 19.4 Å². The van der Waals surface area contributed by atoms with Gasteiger partial charge in [0.05, 0.1) is 101 Å². The van der Waals surface area contributed by atoms with Crippen LogP contribution < -0.4 is 38.9 Å². The van der Waals surface area contributed by atoms with E-state index >= 15 is 0 Å². The van der Waals surface area contributed by atoms with E-state index < -0.39 is 221 Å². The van der Waals surface area contributed by atoms with E-state index in [9.17, 15) is 56.2 Å². The molecule has 0 saturated carbocycles. The highest BCUT2D eigenvalue weighted by Crippen LogP contribution is 2.52. The van der Waals surface area contributed by atoms with Crippen molar-refractivity contribution in [1.82, 2.24) is 27.4 Å². The van der Waals surface area contributed by atoms with Gasteiger partial charge in [-0.3, -0.25) is 0 Å². The van der Waals surface area contributed by atoms with Crippen LogP contribution in [0.15, 0.2) is 0 Å². The number of hydrogen-bond acceptors (Lipinski definition) is 42. The Morgan fingerprint density at radius 3 is 0.848 bits per heavy atom. The van der Waals surface area contributed by atoms with Gasteiger partial charge in [0.2, 0.25) is 0 Å². The number of aliphatic hydroxyl groups excluding tert-OH is 32. The van der Waals surface area contributed by atoms with Gasteiger partial charge >= 0.3 is 0 Å². The SMILES string of the molecule is C.CC1(C)OC(C)(CO)C(C)(O)C(C)(O)C1(C)N.CCC(O)C(O)C(O)C(O)CO.CCCCCCCCNCC(O)C(O)C(O)C(O)CO.CNCC(O)C(O)C(O)C(O)CO.CNCC(O)C(O)C(O)C(O)CO.N.NCC(O)C(O)C(O)C(O)CO.O.OCCNCC(O)C(O)C(O)C(O)CO. The monoisotopic (exact) mass is 1570 g/mol. The second kappa shape index (κ2) is 64.8. The van der Waals surface area contributed by atoms with Crippen molar-refractivity contribution in [2.24, 2.45) is 11.5 Å². The van der Waals surface area contributed by atoms with Gasteiger partial charge < -0.3 is 223 Å². The maximum atomic E-state index is 10.7. The molecule has 43 nitrogen and oxygen atoms in total. The smallest absolute Gasteiger partial charge is 0.123 e. The number of unbranched alkanes of at least 4 members (excludes halogenated alkanes) is 5. The molecule has 1 aliphatic heterocycles. The summed E-state index contributed by atoms with van der Waals surface area (Å²) in [6.07, 6.45) is -26.8. The predicted molar refractivity (Wildman–Crippen MR) is 380 cm³/mol. The highest BCUT2D eigenvalue weighted by molar-refractivity contribution is 5.24. The highest BCUT2D eigenvalue weighted by atomic mass is 16.6. The quantitative estimate of drug-likeness (QED) is 0.0252. The number of aliphatic hydroxyl groups is 34. The van der Waals surface area contributed by atoms with Crippen LogP contribution >= 0.6 is 0 Å². The molecule has 0 bridgehead atoms. The molecule has 0 aromatic heterocycles. The van der Waals surface area contributed by atoms with Crippen molar-refractivity contribution in [3.8, 4) is 0 Å². The molecule has 43 heteroatoms. The van der Waals surface area contributed by atoms with Crippen molar-refractivity contribution < 1.29 is 184 Å². The summed E-state index contributed by atoms with van der Waals surface area (Å²) >= 11 is 0. The second-order valence-electron chi connectivity index (χ2n) is 25.8. The standard InChI is InChI=1S/C14H31NO5.C12H25NO4.C8H19NO6.2C7H17NO5.C7H16O5.C6H15NO5.CH4.H3N.H2O/c1-2-3-4-5-6-7-8-15-9-11(17)13(19)14(20)12(18)10-16;1-8(2)10(4,13)12(6,16)11(5,15)9(3,7-14)17-8;10-2-1-9-3-5(12)7(14)8(15)6(13)4-11;2*1-8-2-4(10)6(12)7(13)5(11)3-9;1-2-4(9)6(11)7(12)5(10)3-8;7-1-3(9)5(11)6(12)4(10)2-8;;;/h11-20H,2-10H2,1H3;14-16H,7,13H2,1-6H3;5-15H,1-4H2;2*4-13H,2-3H2,1H3;4-12H,2-3H2,1H3;3-6,8-12H,1-2,7H2;1H4;1H3;1H2. The summed E-state index contributed by atoms with van der Waals surface area (Å²) in [4.78, 5) is 0. The maximum Gasteiger partial charge on any atom is 0.123 e. The van der Waals surface area contributed by atoms with Gasteiger partial charge in [0.1, 0.15) is 127 Å². The van der Waals surface area contributed by atoms with Crippen molar-refractivity contribution in [2.45, 2.75) is 282 Å². The molecule has 0 amide bonds. The van der Waals surface area contributed by atoms with Crippen LogP contribution in [-0.2, 0) is 4.74 Å². The van der Waals surface area contributed by atoms with Gasteiger partial charge in [0, 0.05) is 39.3 Å². The van der Waals surface area contributed by atoms with E-state index in [0.29, 0.717) is 0 Å². The number of likely N-dealkylation sites (N-methyl/N-ethyl adjacent to an activating group) is 2. The summed E-state index contributed by atoms with van der Waals surface area (Å²) in [5.74, 6) is 0. The van der Waals surface area contributed by atoms with Crippen molar-refractivity contribution in [3.63, 3.8) is 0 Å². The van der Waals surface area contributed by atoms with Crippen LogP contribution in [0, 0.1) is 0 Å². The van der Waals surface area contributed by atoms with Gasteiger partial charge in [0.15, 0.2) is 0 Å². The first-order valence-electron chi connectivity index (χ1n) is 33.6. The van der Waals surface area contributed by atoms with E-state index in [1.165, 1.54) is 39.5 Å². The van der Waals surface area contributed by atoms with Gasteiger partial charge in [-0.2, -0.15) is 0 Å². The molecule has 1 saturated heterocycles. The lowest BCUT2D eigenvalue weighted by molar-refractivity contribution is -0.359. The number of ether oxygens (including phenoxy) is 1. The van der Waals surface area contributed by atoms with Crippen LogP contribution in [0.5, 0.6) is 0 Å². The van der Waals surface area contributed by atoms with E-state index in [2.05, 4.69) is 28.2 Å². The van der Waals surface area contributed by atoms with Crippen molar-refractivity contribution in [1.29, 1.82) is 0 Å². The molecule has 28 unspecified atom stereocenters. The summed E-state index contributed by atoms with van der Waals surface area (Å²) in [6, 6.07) is 0. The van der Waals surface area contributed by atoms with Gasteiger partial charge in [-0.25, -0.2) is 0 Å². The molecule has 0 aromatic carbocycles. The summed E-state index contributed by atoms with van der Waals surface area (Å²) in [5, 5.41) is 320. The lowest BCUT2D eigenvalue weighted by atomic mass is 9.57. The summed E-state index contributed by atoms with van der Waals surface area (Å²) in [5.41, 5.74) is 4.53. The Morgan fingerprint density at radius 2 is 0.600 bits per heavy atom. The van der Waals surface area contributed by atoms with Gasteiger partial charge in [-0.15, -0.1) is 0 Å². The fourth-order valence-electron chi connectivity index (χ4n) is 8.83. The Hall–Kier alpha value is -1.72. The minimum absolute atomic E-state index is 0. The third-order valence-electron chi connectivity index (χ3n) is 17.2. The van der Waals surface area contributed by atoms with E-state index in [1.807, 2.05) is 0 Å². The first-order chi connectivity index (χ1) is 47.0. The van der Waals surface area contributed by atoms with Crippen LogP contribution in [0.4, 0.5) is 0 Å². The molecule has 0 spiro atoms. The van der Waals surface area contributed by atoms with Gasteiger partial charge in [-0.1, -0.05) is 53.4 Å². The minimum Gasteiger partial charge on any atom is -0.412 e. The largest absolute Gasteiger partial charge is 0.412 e. The average molecular weight is 1570 g/mol. The zero-order chi connectivity index (χ0) is 81.4. The van der Waals surface area contributed by atoms with Gasteiger partial charge in [0.25, 0.3) is 0 Å². The maximum absolute atomic E-state index is 10.7. The predicted octanol–water partition coefficient (Wildman–Crippen LogP) is -17.4. The fraction of sp³-hybridized carbons (Fsp3) is 1.00. The molecule has 1 rings (SSSR count). The Labute approximate surface area is 616 Å². The molecule has 28 atom stereocenters. The minimum atomic E-state index is -1.67. The normalized spacial score (nSPS) is 25.1. The fourth-order valence-corrected chi connectivity index (χ4v) is 8.83. The summed E-state index contributed by atoms with van der Waals surface area (Å²) in [6.45, 7) is 9.95.